The molecule has 0 aromatic heterocycles. The molecule has 0 rings (SSSR count). The minimum Gasteiger partial charge on any atom is -0.424 e. The second kappa shape index (κ2) is 16.9. The molecule has 0 aliphatic heterocycles. The summed E-state index contributed by atoms with van der Waals surface area (Å²) in [5, 5.41) is 31.5. The summed E-state index contributed by atoms with van der Waals surface area (Å²) >= 11 is 0. The maximum absolute atomic E-state index is 8.78. The van der Waals surface area contributed by atoms with Crippen molar-refractivity contribution in [1.82, 2.24) is 0 Å². The Morgan fingerprint density at radius 2 is 1.08 bits per heavy atom. The predicted molar refractivity (Wildman–Crippen MR) is 18.2 cm³/mol. The molecule has 0 atom stereocenters. The molecule has 0 aliphatic carbocycles. The third-order valence-electron chi connectivity index (χ3n) is 0.149. The molecule has 0 aromatic rings. The van der Waals surface area contributed by atoms with Crippen molar-refractivity contribution in [3.8, 4) is 0 Å². The van der Waals surface area contributed by atoms with E-state index in [1.54, 1.807) is 0 Å². The number of carbonyl (C=O) groups excluding carboxylic acids is 2. The van der Waals surface area contributed by atoms with Gasteiger partial charge in [0, 0.05) is 17.1 Å². The number of rotatable bonds is 0. The van der Waals surface area contributed by atoms with E-state index in [0.29, 0.717) is 0 Å². The fourth-order valence-corrected chi connectivity index (χ4v) is 0. The van der Waals surface area contributed by atoms with Crippen LogP contribution in [0, 0.1) is 0 Å². The molecule has 0 fully saturated rings. The van der Waals surface area contributed by atoms with Gasteiger partial charge in [0.1, 0.15) is 0 Å². The first-order valence-electron chi connectivity index (χ1n) is 1.59. The maximum Gasteiger partial charge on any atom is 2.00 e. The monoisotopic (exact) mass is 281 g/mol. The third-order valence-corrected chi connectivity index (χ3v) is 0.149. The van der Waals surface area contributed by atoms with Crippen molar-refractivity contribution in [2.24, 2.45) is 0 Å². The van der Waals surface area contributed by atoms with E-state index < -0.39 is 12.3 Å². The molecule has 71 valence electrons. The number of hydrogen-bond donors (Lipinski definition) is 2. The van der Waals surface area contributed by atoms with Crippen molar-refractivity contribution in [3.05, 3.63) is 0 Å². The van der Waals surface area contributed by atoms with E-state index in [1.807, 2.05) is 0 Å². The topological polar surface area (TPSA) is 139 Å². The van der Waals surface area contributed by atoms with Gasteiger partial charge in [0.2, 0.25) is 0 Å². The minimum absolute atomic E-state index is 0. The van der Waals surface area contributed by atoms with Crippen LogP contribution in [-0.2, 0) is 46.3 Å². The van der Waals surface area contributed by atoms with Gasteiger partial charge in [-0.15, -0.1) is 0 Å². The van der Waals surface area contributed by atoms with Crippen molar-refractivity contribution in [1.29, 1.82) is 0 Å². The summed E-state index contributed by atoms with van der Waals surface area (Å²) in [4.78, 5) is 22.7. The van der Waals surface area contributed by atoms with Gasteiger partial charge in [-0.2, -0.15) is 0 Å². The Balaban J connectivity index is -0.0000000457. The standard InChI is InChI=1S/2CH2O4.Cu.Zn/c2*2-1(3)5-4;;/h2*4H,(H,2,3);;/q;;;+2/p-2. The molecule has 2 N–H and O–H groups in total. The molecule has 12 heavy (non-hydrogen) atoms. The zero-order valence-corrected chi connectivity index (χ0v) is 9.26. The average Bonchev–Trinajstić information content (AvgIpc) is 1.89. The van der Waals surface area contributed by atoms with E-state index in [-0.39, 0.29) is 36.5 Å². The molecular weight excluding hydrogens is 281 g/mol. The Hall–Kier alpha value is -0.397. The summed E-state index contributed by atoms with van der Waals surface area (Å²) in [5.74, 6) is 0. The number of carboxylic acid groups (broad SMARTS) is 2. The molecule has 8 nitrogen and oxygen atoms in total. The van der Waals surface area contributed by atoms with Gasteiger partial charge in [-0.1, -0.05) is 0 Å². The first-order valence-corrected chi connectivity index (χ1v) is 1.59. The maximum atomic E-state index is 8.78. The van der Waals surface area contributed by atoms with Gasteiger partial charge < -0.3 is 29.6 Å². The van der Waals surface area contributed by atoms with Crippen LogP contribution in [0.4, 0.5) is 9.59 Å². The molecule has 0 bridgehead atoms. The Morgan fingerprint density at radius 3 is 1.08 bits per heavy atom. The van der Waals surface area contributed by atoms with Gasteiger partial charge in [0.25, 0.3) is 12.3 Å². The van der Waals surface area contributed by atoms with Crippen molar-refractivity contribution < 1.29 is 76.6 Å². The van der Waals surface area contributed by atoms with E-state index in [1.165, 1.54) is 0 Å². The van der Waals surface area contributed by atoms with E-state index in [2.05, 4.69) is 9.78 Å². The summed E-state index contributed by atoms with van der Waals surface area (Å²) in [5.41, 5.74) is 0. The van der Waals surface area contributed by atoms with Gasteiger partial charge in [-0.05, 0) is 0 Å². The summed E-state index contributed by atoms with van der Waals surface area (Å²) in [7, 11) is 0. The van der Waals surface area contributed by atoms with Crippen LogP contribution in [-0.4, -0.2) is 22.8 Å². The van der Waals surface area contributed by atoms with Crippen LogP contribution >= 0.6 is 0 Å². The normalized spacial score (nSPS) is 5.50. The largest absolute Gasteiger partial charge is 2.00 e. The summed E-state index contributed by atoms with van der Waals surface area (Å²) in [6.07, 6.45) is -3.88. The van der Waals surface area contributed by atoms with Crippen molar-refractivity contribution in [2.75, 3.05) is 0 Å². The fraction of sp³-hybridized carbons (Fsp3) is 0. The van der Waals surface area contributed by atoms with E-state index in [9.17, 15) is 0 Å². The fourth-order valence-electron chi connectivity index (χ4n) is 0. The smallest absolute Gasteiger partial charge is 0.424 e. The van der Waals surface area contributed by atoms with Gasteiger partial charge in [0.05, 0.1) is 0 Å². The molecule has 0 heterocycles. The first-order chi connectivity index (χ1) is 4.54. The van der Waals surface area contributed by atoms with E-state index >= 15 is 0 Å². The van der Waals surface area contributed by atoms with Crippen LogP contribution in [0.5, 0.6) is 0 Å². The molecule has 0 spiro atoms. The Kier molecular flexibility index (Phi) is 31.8. The Morgan fingerprint density at radius 1 is 1.00 bits per heavy atom. The van der Waals surface area contributed by atoms with Crippen LogP contribution in [0.2, 0.25) is 0 Å². The molecule has 0 amide bonds. The predicted octanol–water partition coefficient (Wildman–Crippen LogP) is -2.37. The molecule has 0 unspecified atom stereocenters. The summed E-state index contributed by atoms with van der Waals surface area (Å²) < 4.78 is 0. The van der Waals surface area contributed by atoms with Crippen molar-refractivity contribution in [3.63, 3.8) is 0 Å². The van der Waals surface area contributed by atoms with Gasteiger partial charge >= 0.3 is 19.5 Å². The molecule has 0 aliphatic rings. The molecule has 0 aromatic carbocycles. The summed E-state index contributed by atoms with van der Waals surface area (Å²) in [6.45, 7) is 0. The zero-order valence-electron chi connectivity index (χ0n) is 5.35. The van der Waals surface area contributed by atoms with E-state index in [4.69, 9.17) is 30.3 Å². The zero-order chi connectivity index (χ0) is 8.57. The number of hydrogen-bond acceptors (Lipinski definition) is 8. The van der Waals surface area contributed by atoms with Gasteiger partial charge in [-0.3, -0.25) is 10.5 Å². The first kappa shape index (κ1) is 22.6. The van der Waals surface area contributed by atoms with Gasteiger partial charge in [0.15, 0.2) is 0 Å². The molecule has 1 radical (unpaired) electrons. The van der Waals surface area contributed by atoms with Crippen LogP contribution in [0.25, 0.3) is 0 Å². The third kappa shape index (κ3) is 54.8. The Bertz CT molecular complexity index is 102. The van der Waals surface area contributed by atoms with Crippen molar-refractivity contribution in [2.45, 2.75) is 0 Å². The quantitative estimate of drug-likeness (QED) is 0.286. The molecule has 0 saturated heterocycles. The average molecular weight is 283 g/mol. The second-order valence-corrected chi connectivity index (χ2v) is 0.683. The number of carbonyl (C=O) groups is 2. The van der Waals surface area contributed by atoms with Crippen LogP contribution in [0.1, 0.15) is 0 Å². The van der Waals surface area contributed by atoms with Crippen molar-refractivity contribution >= 4 is 12.3 Å². The minimum atomic E-state index is -1.94. The molecule has 0 saturated carbocycles. The van der Waals surface area contributed by atoms with Crippen LogP contribution in [0.3, 0.4) is 0 Å². The van der Waals surface area contributed by atoms with Crippen LogP contribution in [0.15, 0.2) is 0 Å². The molecule has 10 heteroatoms. The van der Waals surface area contributed by atoms with Gasteiger partial charge in [-0.25, -0.2) is 0 Å². The summed E-state index contributed by atoms with van der Waals surface area (Å²) in [6, 6.07) is 0. The molecular formula is C2H2CuO8Zn. The SMILES string of the molecule is O=C([O-])OO.O=C([O-])OO.[Cu].[Zn+2]. The van der Waals surface area contributed by atoms with E-state index in [0.717, 1.165) is 0 Å². The second-order valence-electron chi connectivity index (χ2n) is 0.683. The Labute approximate surface area is 89.2 Å². The van der Waals surface area contributed by atoms with Crippen LogP contribution < -0.4 is 10.2 Å².